The Morgan fingerprint density at radius 1 is 0.704 bits per heavy atom. The van der Waals surface area contributed by atoms with E-state index in [0.717, 1.165) is 0 Å². The van der Waals surface area contributed by atoms with Crippen LogP contribution < -0.4 is 0 Å². The van der Waals surface area contributed by atoms with Gasteiger partial charge >= 0.3 is 11.9 Å². The highest BCUT2D eigenvalue weighted by atomic mass is 16.6. The first-order valence-corrected chi connectivity index (χ1v) is 9.03. The molecule has 2 atom stereocenters. The average molecular weight is 392 g/mol. The molecule has 1 heterocycles. The minimum absolute atomic E-state index is 0.0900. The fourth-order valence-electron chi connectivity index (χ4n) is 2.25. The van der Waals surface area contributed by atoms with Crippen LogP contribution in [0.2, 0.25) is 0 Å². The Hall–Kier alpha value is -1.26. The van der Waals surface area contributed by atoms with E-state index in [-0.39, 0.29) is 38.4 Å². The molecule has 0 amide bonds. The fraction of sp³-hybridized carbons (Fsp3) is 0.889. The molecule has 0 aromatic heterocycles. The van der Waals surface area contributed by atoms with Crippen LogP contribution in [0.4, 0.5) is 0 Å². The Morgan fingerprint density at radius 2 is 1.07 bits per heavy atom. The van der Waals surface area contributed by atoms with Gasteiger partial charge in [-0.05, 0) is 13.8 Å². The molecule has 0 bridgehead atoms. The van der Waals surface area contributed by atoms with E-state index in [9.17, 15) is 9.59 Å². The predicted octanol–water partition coefficient (Wildman–Crippen LogP) is 0.727. The SMILES string of the molecule is CC(=O)OC[C@]1(C)COCCOC[C@](C)(COC(C)=O)OCCOCCO1. The van der Waals surface area contributed by atoms with Crippen LogP contribution in [0, 0.1) is 0 Å². The fourth-order valence-corrected chi connectivity index (χ4v) is 2.25. The molecule has 1 saturated heterocycles. The lowest BCUT2D eigenvalue weighted by Crippen LogP contribution is -2.42. The maximum atomic E-state index is 11.1. The maximum absolute atomic E-state index is 11.1. The van der Waals surface area contributed by atoms with Crippen LogP contribution in [-0.2, 0) is 42.7 Å². The summed E-state index contributed by atoms with van der Waals surface area (Å²) in [5.41, 5.74) is -1.54. The molecule has 0 unspecified atom stereocenters. The molecule has 1 rings (SSSR count). The van der Waals surface area contributed by atoms with E-state index in [1.54, 1.807) is 0 Å². The molecule has 27 heavy (non-hydrogen) atoms. The molecule has 1 aliphatic heterocycles. The Labute approximate surface area is 160 Å². The highest BCUT2D eigenvalue weighted by Gasteiger charge is 2.29. The van der Waals surface area contributed by atoms with E-state index in [2.05, 4.69) is 0 Å². The van der Waals surface area contributed by atoms with Crippen LogP contribution in [0.25, 0.3) is 0 Å². The van der Waals surface area contributed by atoms with Crippen LogP contribution in [0.1, 0.15) is 27.7 Å². The molecule has 1 aliphatic rings. The van der Waals surface area contributed by atoms with Crippen molar-refractivity contribution in [3.8, 4) is 0 Å². The third-order valence-electron chi connectivity index (χ3n) is 3.70. The second kappa shape index (κ2) is 12.2. The molecule has 0 aliphatic carbocycles. The predicted molar refractivity (Wildman–Crippen MR) is 94.4 cm³/mol. The quantitative estimate of drug-likeness (QED) is 0.641. The maximum Gasteiger partial charge on any atom is 0.302 e. The van der Waals surface area contributed by atoms with Gasteiger partial charge < -0.3 is 33.2 Å². The molecule has 0 spiro atoms. The number of esters is 2. The van der Waals surface area contributed by atoms with Gasteiger partial charge in [-0.3, -0.25) is 9.59 Å². The summed E-state index contributed by atoms with van der Waals surface area (Å²) >= 11 is 0. The second-order valence-corrected chi connectivity index (χ2v) is 6.87. The third-order valence-corrected chi connectivity index (χ3v) is 3.70. The number of carbonyl (C=O) groups excluding carboxylic acids is 2. The van der Waals surface area contributed by atoms with Gasteiger partial charge in [-0.2, -0.15) is 0 Å². The molecule has 9 nitrogen and oxygen atoms in total. The summed E-state index contributed by atoms with van der Waals surface area (Å²) in [6.45, 7) is 9.01. The van der Waals surface area contributed by atoms with Crippen molar-refractivity contribution in [2.24, 2.45) is 0 Å². The van der Waals surface area contributed by atoms with Crippen LogP contribution in [0.5, 0.6) is 0 Å². The smallest absolute Gasteiger partial charge is 0.302 e. The highest BCUT2D eigenvalue weighted by molar-refractivity contribution is 5.66. The molecule has 0 saturated carbocycles. The second-order valence-electron chi connectivity index (χ2n) is 6.87. The summed E-state index contributed by atoms with van der Waals surface area (Å²) in [6, 6.07) is 0. The summed E-state index contributed by atoms with van der Waals surface area (Å²) in [6.07, 6.45) is 0. The summed E-state index contributed by atoms with van der Waals surface area (Å²) in [5, 5.41) is 0. The molecule has 0 N–H and O–H groups in total. The average Bonchev–Trinajstić information content (AvgIpc) is 2.61. The van der Waals surface area contributed by atoms with Crippen LogP contribution >= 0.6 is 0 Å². The third kappa shape index (κ3) is 11.2. The van der Waals surface area contributed by atoms with Gasteiger partial charge in [0.25, 0.3) is 0 Å². The number of hydrogen-bond acceptors (Lipinski definition) is 9. The van der Waals surface area contributed by atoms with Crippen molar-refractivity contribution in [3.05, 3.63) is 0 Å². The number of hydrogen-bond donors (Lipinski definition) is 0. The summed E-state index contributed by atoms with van der Waals surface area (Å²) in [5.74, 6) is -0.751. The molecule has 9 heteroatoms. The van der Waals surface area contributed by atoms with Crippen molar-refractivity contribution in [1.29, 1.82) is 0 Å². The topological polar surface area (TPSA) is 98.8 Å². The van der Waals surface area contributed by atoms with Gasteiger partial charge in [0, 0.05) is 13.8 Å². The zero-order chi connectivity index (χ0) is 20.2. The van der Waals surface area contributed by atoms with Crippen molar-refractivity contribution in [2.45, 2.75) is 38.9 Å². The van der Waals surface area contributed by atoms with Gasteiger partial charge in [0.05, 0.1) is 52.9 Å². The van der Waals surface area contributed by atoms with Crippen molar-refractivity contribution in [1.82, 2.24) is 0 Å². The van der Waals surface area contributed by atoms with Gasteiger partial charge in [-0.15, -0.1) is 0 Å². The van der Waals surface area contributed by atoms with Gasteiger partial charge in [-0.1, -0.05) is 0 Å². The van der Waals surface area contributed by atoms with Crippen LogP contribution in [-0.4, -0.2) is 89.2 Å². The van der Waals surface area contributed by atoms with E-state index in [0.29, 0.717) is 39.6 Å². The van der Waals surface area contributed by atoms with Gasteiger partial charge in [0.15, 0.2) is 0 Å². The Bertz CT molecular complexity index is 416. The van der Waals surface area contributed by atoms with Crippen molar-refractivity contribution in [3.63, 3.8) is 0 Å². The lowest BCUT2D eigenvalue weighted by molar-refractivity contribution is -0.163. The van der Waals surface area contributed by atoms with Gasteiger partial charge in [0.1, 0.15) is 24.4 Å². The summed E-state index contributed by atoms with van der Waals surface area (Å²) < 4.78 is 38.5. The molecular formula is C18H32O9. The Morgan fingerprint density at radius 3 is 1.44 bits per heavy atom. The van der Waals surface area contributed by atoms with Gasteiger partial charge in [0.2, 0.25) is 0 Å². The van der Waals surface area contributed by atoms with E-state index in [1.807, 2.05) is 13.8 Å². The zero-order valence-corrected chi connectivity index (χ0v) is 16.7. The lowest BCUT2D eigenvalue weighted by atomic mass is 10.1. The zero-order valence-electron chi connectivity index (χ0n) is 16.7. The highest BCUT2D eigenvalue weighted by Crippen LogP contribution is 2.14. The summed E-state index contributed by atoms with van der Waals surface area (Å²) in [4.78, 5) is 22.2. The lowest BCUT2D eigenvalue weighted by Gasteiger charge is -2.29. The first kappa shape index (κ1) is 23.8. The van der Waals surface area contributed by atoms with Crippen molar-refractivity contribution in [2.75, 3.05) is 66.1 Å². The first-order chi connectivity index (χ1) is 12.7. The molecule has 158 valence electrons. The molecule has 0 aromatic rings. The Balaban J connectivity index is 2.57. The number of rotatable bonds is 4. The Kier molecular flexibility index (Phi) is 10.8. The largest absolute Gasteiger partial charge is 0.463 e. The molecule has 0 aromatic carbocycles. The molecule has 0 radical (unpaired) electrons. The minimum Gasteiger partial charge on any atom is -0.463 e. The van der Waals surface area contributed by atoms with Crippen molar-refractivity contribution < 1.29 is 42.7 Å². The number of ether oxygens (including phenoxy) is 7. The minimum atomic E-state index is -0.768. The van der Waals surface area contributed by atoms with E-state index in [4.69, 9.17) is 33.2 Å². The monoisotopic (exact) mass is 392 g/mol. The first-order valence-electron chi connectivity index (χ1n) is 9.03. The van der Waals surface area contributed by atoms with Gasteiger partial charge in [-0.25, -0.2) is 0 Å². The van der Waals surface area contributed by atoms with E-state index >= 15 is 0 Å². The van der Waals surface area contributed by atoms with Crippen LogP contribution in [0.15, 0.2) is 0 Å². The van der Waals surface area contributed by atoms with E-state index in [1.165, 1.54) is 13.8 Å². The van der Waals surface area contributed by atoms with E-state index < -0.39 is 11.2 Å². The molecule has 1 fully saturated rings. The van der Waals surface area contributed by atoms with Crippen molar-refractivity contribution >= 4 is 11.9 Å². The normalized spacial score (nSPS) is 29.2. The molecular weight excluding hydrogens is 360 g/mol. The standard InChI is InChI=1S/C18H32O9/c1-15(19)24-13-17(3)11-22-5-6-23-12-18(4,14-25-16(2)20)27-10-8-21-7-9-26-17/h5-14H2,1-4H3/t17-,18+. The summed E-state index contributed by atoms with van der Waals surface area (Å²) in [7, 11) is 0. The number of carbonyl (C=O) groups is 2. The van der Waals surface area contributed by atoms with Crippen LogP contribution in [0.3, 0.4) is 0 Å².